The lowest BCUT2D eigenvalue weighted by Crippen LogP contribution is -2.46. The molecule has 0 bridgehead atoms. The molecule has 2 aromatic carbocycles. The summed E-state index contributed by atoms with van der Waals surface area (Å²) in [5.41, 5.74) is 6.71. The summed E-state index contributed by atoms with van der Waals surface area (Å²) in [6, 6.07) is 14.7. The van der Waals surface area contributed by atoms with Gasteiger partial charge in [0.1, 0.15) is 13.2 Å². The fourth-order valence-electron chi connectivity index (χ4n) is 7.15. The minimum Gasteiger partial charge on any atom is -0.457 e. The highest BCUT2D eigenvalue weighted by Gasteiger charge is 2.32. The molecule has 3 rings (SSSR count). The van der Waals surface area contributed by atoms with E-state index < -0.39 is 20.0 Å². The molecule has 0 aromatic heterocycles. The van der Waals surface area contributed by atoms with Crippen LogP contribution in [0, 0.1) is 5.92 Å². The maximum Gasteiger partial charge on any atom is 0.333 e. The Morgan fingerprint density at radius 1 is 0.812 bits per heavy atom. The molecule has 264 valence electrons. The van der Waals surface area contributed by atoms with E-state index in [2.05, 4.69) is 69.6 Å². The second-order valence-corrected chi connectivity index (χ2v) is 19.4. The van der Waals surface area contributed by atoms with Crippen LogP contribution < -0.4 is 5.19 Å². The first-order valence-electron chi connectivity index (χ1n) is 18.0. The quantitative estimate of drug-likeness (QED) is 0.0672. The van der Waals surface area contributed by atoms with Crippen LogP contribution >= 0.6 is 0 Å². The maximum absolute atomic E-state index is 12.6. The van der Waals surface area contributed by atoms with Crippen LogP contribution in [0.25, 0.3) is 0 Å². The number of rotatable bonds is 19. The molecule has 7 heteroatoms. The topological polar surface area (TPSA) is 93.1 Å². The number of hydrogen-bond acceptors (Lipinski definition) is 6. The van der Waals surface area contributed by atoms with Gasteiger partial charge in [-0.2, -0.15) is 0 Å². The first-order chi connectivity index (χ1) is 22.9. The average Bonchev–Trinajstić information content (AvgIpc) is 3.08. The van der Waals surface area contributed by atoms with Gasteiger partial charge in [0.15, 0.2) is 0 Å². The van der Waals surface area contributed by atoms with Gasteiger partial charge in [0.25, 0.3) is 0 Å². The second kappa shape index (κ2) is 19.3. The lowest BCUT2D eigenvalue weighted by atomic mass is 9.75. The third kappa shape index (κ3) is 11.6. The molecule has 0 aliphatic heterocycles. The first kappa shape index (κ1) is 39.4. The van der Waals surface area contributed by atoms with Gasteiger partial charge in [0.2, 0.25) is 0 Å². The fraction of sp³-hybridized carbons (Fsp3) is 0.561. The Balaban J connectivity index is 1.92. The van der Waals surface area contributed by atoms with Crippen LogP contribution in [0.2, 0.25) is 19.1 Å². The summed E-state index contributed by atoms with van der Waals surface area (Å²) >= 11 is 0. The zero-order valence-electron chi connectivity index (χ0n) is 30.2. The van der Waals surface area contributed by atoms with Gasteiger partial charge in [-0.25, -0.2) is 9.59 Å². The number of hydrogen-bond donors (Lipinski definition) is 2. The second-order valence-electron chi connectivity index (χ2n) is 14.7. The van der Waals surface area contributed by atoms with Crippen LogP contribution in [0.4, 0.5) is 0 Å². The van der Waals surface area contributed by atoms with Gasteiger partial charge in [-0.15, -0.1) is 0 Å². The molecule has 48 heavy (non-hydrogen) atoms. The van der Waals surface area contributed by atoms with Gasteiger partial charge < -0.3 is 19.7 Å². The van der Waals surface area contributed by atoms with Crippen molar-refractivity contribution < 1.29 is 29.3 Å². The Hall–Kier alpha value is -3.00. The maximum atomic E-state index is 12.6. The average molecular weight is 677 g/mol. The van der Waals surface area contributed by atoms with Crippen LogP contribution in [-0.4, -0.2) is 43.4 Å². The van der Waals surface area contributed by atoms with Crippen molar-refractivity contribution in [3.8, 4) is 0 Å². The van der Waals surface area contributed by atoms with E-state index in [0.29, 0.717) is 23.0 Å². The Bertz CT molecular complexity index is 1310. The predicted molar refractivity (Wildman–Crippen MR) is 198 cm³/mol. The van der Waals surface area contributed by atoms with Crippen LogP contribution in [0.15, 0.2) is 60.7 Å². The number of ether oxygens (including phenoxy) is 2. The molecule has 0 heterocycles. The number of unbranched alkanes of at least 4 members (excludes halogenated alkanes) is 2. The molecule has 0 saturated heterocycles. The molecule has 0 spiro atoms. The van der Waals surface area contributed by atoms with Crippen LogP contribution in [0.5, 0.6) is 0 Å². The highest BCUT2D eigenvalue weighted by Crippen LogP contribution is 2.41. The molecule has 1 fully saturated rings. The van der Waals surface area contributed by atoms with E-state index in [1.165, 1.54) is 36.0 Å². The first-order valence-corrected chi connectivity index (χ1v) is 21.2. The third-order valence-corrected chi connectivity index (χ3v) is 13.7. The number of carbonyl (C=O) groups is 2. The molecular formula is C41H60O6Si. The molecule has 1 aliphatic carbocycles. The van der Waals surface area contributed by atoms with Crippen LogP contribution in [-0.2, 0) is 38.7 Å². The normalized spacial score (nSPS) is 16.5. The predicted octanol–water partition coefficient (Wildman–Crippen LogP) is 8.40. The summed E-state index contributed by atoms with van der Waals surface area (Å²) in [7, 11) is -2.19. The van der Waals surface area contributed by atoms with Crippen molar-refractivity contribution in [2.24, 2.45) is 5.92 Å². The zero-order valence-corrected chi connectivity index (χ0v) is 31.2. The number of aliphatic hydroxyl groups excluding tert-OH is 2. The van der Waals surface area contributed by atoms with Gasteiger partial charge in [-0.05, 0) is 104 Å². The Kier molecular flexibility index (Phi) is 15.8. The van der Waals surface area contributed by atoms with Crippen molar-refractivity contribution >= 4 is 25.2 Å². The van der Waals surface area contributed by atoms with Crippen LogP contribution in [0.3, 0.4) is 0 Å². The minimum absolute atomic E-state index is 0.0377. The van der Waals surface area contributed by atoms with E-state index in [1.54, 1.807) is 13.8 Å². The molecule has 0 unspecified atom stereocenters. The van der Waals surface area contributed by atoms with E-state index in [9.17, 15) is 19.8 Å². The van der Waals surface area contributed by atoms with E-state index in [4.69, 9.17) is 9.47 Å². The lowest BCUT2D eigenvalue weighted by Gasteiger charge is -2.33. The summed E-state index contributed by atoms with van der Waals surface area (Å²) in [4.78, 5) is 25.1. The van der Waals surface area contributed by atoms with E-state index in [0.717, 1.165) is 67.3 Å². The number of aliphatic hydroxyl groups is 2. The molecular weight excluding hydrogens is 617 g/mol. The summed E-state index contributed by atoms with van der Waals surface area (Å²) in [6.07, 6.45) is 10.8. The highest BCUT2D eigenvalue weighted by atomic mass is 28.3. The van der Waals surface area contributed by atoms with E-state index in [1.807, 2.05) is 0 Å². The van der Waals surface area contributed by atoms with Crippen molar-refractivity contribution in [3.05, 3.63) is 88.5 Å². The highest BCUT2D eigenvalue weighted by molar-refractivity contribution is 6.90. The van der Waals surface area contributed by atoms with E-state index >= 15 is 0 Å². The molecule has 6 nitrogen and oxygen atoms in total. The number of aryl methyl sites for hydroxylation is 1. The number of carbonyl (C=O) groups excluding carboxylic acids is 2. The van der Waals surface area contributed by atoms with Gasteiger partial charge in [-0.3, -0.25) is 0 Å². The summed E-state index contributed by atoms with van der Waals surface area (Å²) in [6.45, 7) is 17.8. The molecule has 1 saturated carbocycles. The smallest absolute Gasteiger partial charge is 0.333 e. The SMILES string of the molecule is C=C(C)C(=O)OCc1cc(C2CCC(c3ccc(CCCCC)cc3)CC2)cc(COC(=O)C(=C)C)c1[Si](C)(C)CCCC(CO)CO. The summed E-state index contributed by atoms with van der Waals surface area (Å²) in [5, 5.41) is 20.4. The zero-order chi connectivity index (χ0) is 35.3. The van der Waals surface area contributed by atoms with Gasteiger partial charge in [0, 0.05) is 30.3 Å². The third-order valence-electron chi connectivity index (χ3n) is 10.1. The molecule has 2 aromatic rings. The van der Waals surface area contributed by atoms with Gasteiger partial charge >= 0.3 is 11.9 Å². The van der Waals surface area contributed by atoms with Crippen molar-refractivity contribution in [1.29, 1.82) is 0 Å². The Labute approximate surface area is 290 Å². The van der Waals surface area contributed by atoms with Crippen molar-refractivity contribution in [2.45, 2.75) is 129 Å². The summed E-state index contributed by atoms with van der Waals surface area (Å²) < 4.78 is 11.6. The van der Waals surface area contributed by atoms with Gasteiger partial charge in [-0.1, -0.05) is 94.9 Å². The van der Waals surface area contributed by atoms with Crippen LogP contribution in [0.1, 0.15) is 118 Å². The molecule has 1 aliphatic rings. The minimum atomic E-state index is -2.19. The van der Waals surface area contributed by atoms with Crippen molar-refractivity contribution in [1.82, 2.24) is 0 Å². The molecule has 0 amide bonds. The molecule has 2 N–H and O–H groups in total. The summed E-state index contributed by atoms with van der Waals surface area (Å²) in [5.74, 6) is -0.0823. The molecule has 0 radical (unpaired) electrons. The standard InChI is InChI=1S/C41H60O6Si/c1-8-9-10-12-31-14-16-33(17-15-31)34-18-20-35(21-19-34)36-23-37(27-46-40(44)29(2)3)39(38(24-36)28-47-41(45)30(4)5)48(6,7)22-11-13-32(25-42)26-43/h14-17,23-24,32,34-35,42-43H,2,4,8-13,18-22,25-28H2,1,3,5-7H3. The van der Waals surface area contributed by atoms with Crippen molar-refractivity contribution in [3.63, 3.8) is 0 Å². The largest absolute Gasteiger partial charge is 0.457 e. The Morgan fingerprint density at radius 3 is 1.77 bits per heavy atom. The number of benzene rings is 2. The monoisotopic (exact) mass is 676 g/mol. The fourth-order valence-corrected chi connectivity index (χ4v) is 10.5. The Morgan fingerprint density at radius 2 is 1.31 bits per heavy atom. The lowest BCUT2D eigenvalue weighted by molar-refractivity contribution is -0.140. The van der Waals surface area contributed by atoms with Crippen molar-refractivity contribution in [2.75, 3.05) is 13.2 Å². The van der Waals surface area contributed by atoms with E-state index in [-0.39, 0.29) is 32.3 Å². The molecule has 0 atom stereocenters. The van der Waals surface area contributed by atoms with Gasteiger partial charge in [0.05, 0.1) is 8.07 Å². The number of esters is 2.